The standard InChI is InChI=1S/C23H25N5O2S2/c1-16-5-3-4-6-20(16)22(30)28-13-11-27(12-14-28)19-9-7-18(8-10-19)24-21(29)15-31-23-26-25-17(2)32-23/h3-10H,11-15H2,1-2H3,(H,24,29). The minimum Gasteiger partial charge on any atom is -0.368 e. The van der Waals surface area contributed by atoms with Crippen LogP contribution < -0.4 is 10.2 Å². The van der Waals surface area contributed by atoms with Gasteiger partial charge in [0.05, 0.1) is 5.75 Å². The van der Waals surface area contributed by atoms with Gasteiger partial charge in [-0.3, -0.25) is 9.59 Å². The number of carbonyl (C=O) groups excluding carboxylic acids is 2. The number of carbonyl (C=O) groups is 2. The zero-order chi connectivity index (χ0) is 22.5. The molecule has 2 heterocycles. The molecular weight excluding hydrogens is 442 g/mol. The number of rotatable bonds is 6. The fourth-order valence-corrected chi connectivity index (χ4v) is 5.18. The number of thioether (sulfide) groups is 1. The minimum absolute atomic E-state index is 0.0704. The molecule has 0 aliphatic carbocycles. The summed E-state index contributed by atoms with van der Waals surface area (Å²) >= 11 is 2.87. The quantitative estimate of drug-likeness (QED) is 0.555. The molecule has 1 fully saturated rings. The Kier molecular flexibility index (Phi) is 7.06. The largest absolute Gasteiger partial charge is 0.368 e. The SMILES string of the molecule is Cc1nnc(SCC(=O)Nc2ccc(N3CCN(C(=O)c4ccccc4C)CC3)cc2)s1. The van der Waals surface area contributed by atoms with E-state index in [4.69, 9.17) is 0 Å². The normalized spacial score (nSPS) is 13.8. The van der Waals surface area contributed by atoms with Gasteiger partial charge in [-0.1, -0.05) is 41.3 Å². The Morgan fingerprint density at radius 3 is 2.38 bits per heavy atom. The van der Waals surface area contributed by atoms with E-state index in [1.807, 2.05) is 67.3 Å². The van der Waals surface area contributed by atoms with Crippen LogP contribution in [-0.2, 0) is 4.79 Å². The van der Waals surface area contributed by atoms with Crippen LogP contribution in [0.4, 0.5) is 11.4 Å². The molecule has 1 N–H and O–H groups in total. The molecule has 2 aromatic carbocycles. The molecule has 0 bridgehead atoms. The van der Waals surface area contributed by atoms with Crippen molar-refractivity contribution in [2.45, 2.75) is 18.2 Å². The summed E-state index contributed by atoms with van der Waals surface area (Å²) in [5.74, 6) is 0.328. The van der Waals surface area contributed by atoms with Gasteiger partial charge in [-0.15, -0.1) is 10.2 Å². The van der Waals surface area contributed by atoms with E-state index in [1.165, 1.54) is 23.1 Å². The number of hydrogen-bond acceptors (Lipinski definition) is 7. The lowest BCUT2D eigenvalue weighted by molar-refractivity contribution is -0.113. The van der Waals surface area contributed by atoms with Gasteiger partial charge in [0, 0.05) is 43.1 Å². The highest BCUT2D eigenvalue weighted by molar-refractivity contribution is 8.01. The van der Waals surface area contributed by atoms with Crippen molar-refractivity contribution in [3.05, 3.63) is 64.7 Å². The molecule has 1 aliphatic heterocycles. The molecule has 1 aromatic heterocycles. The molecule has 0 unspecified atom stereocenters. The number of hydrogen-bond donors (Lipinski definition) is 1. The zero-order valence-corrected chi connectivity index (χ0v) is 19.7. The topological polar surface area (TPSA) is 78.4 Å². The lowest BCUT2D eigenvalue weighted by Gasteiger charge is -2.36. The maximum atomic E-state index is 12.8. The van der Waals surface area contributed by atoms with E-state index in [0.717, 1.165) is 44.9 Å². The fraction of sp³-hybridized carbons (Fsp3) is 0.304. The van der Waals surface area contributed by atoms with Crippen molar-refractivity contribution in [1.82, 2.24) is 15.1 Å². The summed E-state index contributed by atoms with van der Waals surface area (Å²) in [5, 5.41) is 11.8. The second kappa shape index (κ2) is 10.1. The van der Waals surface area contributed by atoms with Crippen LogP contribution >= 0.6 is 23.1 Å². The van der Waals surface area contributed by atoms with Gasteiger partial charge in [0.2, 0.25) is 5.91 Å². The third-order valence-electron chi connectivity index (χ3n) is 5.29. The molecule has 0 spiro atoms. The van der Waals surface area contributed by atoms with E-state index < -0.39 is 0 Å². The molecule has 0 radical (unpaired) electrons. The first kappa shape index (κ1) is 22.3. The fourth-order valence-electron chi connectivity index (χ4n) is 3.57. The van der Waals surface area contributed by atoms with E-state index in [1.54, 1.807) is 0 Å². The number of nitrogens with zero attached hydrogens (tertiary/aromatic N) is 4. The van der Waals surface area contributed by atoms with E-state index in [9.17, 15) is 9.59 Å². The van der Waals surface area contributed by atoms with Crippen LogP contribution in [0.1, 0.15) is 20.9 Å². The van der Waals surface area contributed by atoms with Crippen molar-refractivity contribution in [3.8, 4) is 0 Å². The summed E-state index contributed by atoms with van der Waals surface area (Å²) < 4.78 is 0.799. The smallest absolute Gasteiger partial charge is 0.254 e. The molecule has 3 aromatic rings. The Balaban J connectivity index is 1.27. The molecular formula is C23H25N5O2S2. The maximum absolute atomic E-state index is 12.8. The summed E-state index contributed by atoms with van der Waals surface area (Å²) in [5.41, 5.74) is 3.64. The summed E-state index contributed by atoms with van der Waals surface area (Å²) in [4.78, 5) is 29.2. The van der Waals surface area contributed by atoms with Crippen LogP contribution in [0.5, 0.6) is 0 Å². The van der Waals surface area contributed by atoms with E-state index in [0.29, 0.717) is 18.8 Å². The predicted molar refractivity (Wildman–Crippen MR) is 130 cm³/mol. The lowest BCUT2D eigenvalue weighted by atomic mass is 10.1. The van der Waals surface area contributed by atoms with Crippen LogP contribution in [-0.4, -0.2) is 58.8 Å². The Bertz CT molecular complexity index is 1090. The lowest BCUT2D eigenvalue weighted by Crippen LogP contribution is -2.48. The molecule has 4 rings (SSSR count). The van der Waals surface area contributed by atoms with Gasteiger partial charge in [0.1, 0.15) is 5.01 Å². The first-order valence-electron chi connectivity index (χ1n) is 10.4. The van der Waals surface area contributed by atoms with Crippen molar-refractivity contribution < 1.29 is 9.59 Å². The number of aryl methyl sites for hydroxylation is 2. The monoisotopic (exact) mass is 467 g/mol. The van der Waals surface area contributed by atoms with E-state index >= 15 is 0 Å². The van der Waals surface area contributed by atoms with Gasteiger partial charge in [-0.2, -0.15) is 0 Å². The summed E-state index contributed by atoms with van der Waals surface area (Å²) in [6.07, 6.45) is 0. The molecule has 9 heteroatoms. The number of anilines is 2. The van der Waals surface area contributed by atoms with E-state index in [2.05, 4.69) is 20.4 Å². The van der Waals surface area contributed by atoms with Crippen molar-refractivity contribution in [3.63, 3.8) is 0 Å². The first-order chi connectivity index (χ1) is 15.5. The van der Waals surface area contributed by atoms with Crippen LogP contribution in [0.15, 0.2) is 52.9 Å². The number of nitrogens with one attached hydrogen (secondary N) is 1. The van der Waals surface area contributed by atoms with Gasteiger partial charge in [-0.25, -0.2) is 0 Å². The highest BCUT2D eigenvalue weighted by Crippen LogP contribution is 2.23. The number of piperazine rings is 1. The van der Waals surface area contributed by atoms with Gasteiger partial charge in [0.15, 0.2) is 4.34 Å². The summed E-state index contributed by atoms with van der Waals surface area (Å²) in [6, 6.07) is 15.6. The third-order valence-corrected chi connectivity index (χ3v) is 7.26. The van der Waals surface area contributed by atoms with Crippen LogP contribution in [0.3, 0.4) is 0 Å². The Hall–Kier alpha value is -2.91. The van der Waals surface area contributed by atoms with Crippen LogP contribution in [0, 0.1) is 13.8 Å². The highest BCUT2D eigenvalue weighted by atomic mass is 32.2. The molecule has 0 saturated carbocycles. The van der Waals surface area contributed by atoms with Crippen molar-refractivity contribution in [1.29, 1.82) is 0 Å². The van der Waals surface area contributed by atoms with Crippen molar-refractivity contribution >= 4 is 46.3 Å². The average molecular weight is 468 g/mol. The second-order valence-electron chi connectivity index (χ2n) is 7.56. The second-order valence-corrected chi connectivity index (χ2v) is 9.97. The first-order valence-corrected chi connectivity index (χ1v) is 12.2. The number of amides is 2. The summed E-state index contributed by atoms with van der Waals surface area (Å²) in [6.45, 7) is 6.80. The van der Waals surface area contributed by atoms with Gasteiger partial charge in [-0.05, 0) is 49.7 Å². The average Bonchev–Trinajstić information content (AvgIpc) is 3.23. The van der Waals surface area contributed by atoms with Crippen LogP contribution in [0.2, 0.25) is 0 Å². The van der Waals surface area contributed by atoms with Crippen LogP contribution in [0.25, 0.3) is 0 Å². The minimum atomic E-state index is -0.0704. The molecule has 2 amide bonds. The highest BCUT2D eigenvalue weighted by Gasteiger charge is 2.23. The van der Waals surface area contributed by atoms with Gasteiger partial charge in [0.25, 0.3) is 5.91 Å². The number of aromatic nitrogens is 2. The number of benzene rings is 2. The summed E-state index contributed by atoms with van der Waals surface area (Å²) in [7, 11) is 0. The molecule has 166 valence electrons. The molecule has 1 saturated heterocycles. The maximum Gasteiger partial charge on any atom is 0.254 e. The molecule has 7 nitrogen and oxygen atoms in total. The zero-order valence-electron chi connectivity index (χ0n) is 18.1. The molecule has 0 atom stereocenters. The Morgan fingerprint density at radius 1 is 1.00 bits per heavy atom. The van der Waals surface area contributed by atoms with Gasteiger partial charge < -0.3 is 15.1 Å². The third kappa shape index (κ3) is 5.46. The molecule has 1 aliphatic rings. The van der Waals surface area contributed by atoms with Crippen molar-refractivity contribution in [2.75, 3.05) is 42.1 Å². The van der Waals surface area contributed by atoms with E-state index in [-0.39, 0.29) is 11.8 Å². The van der Waals surface area contributed by atoms with Crippen molar-refractivity contribution in [2.24, 2.45) is 0 Å². The van der Waals surface area contributed by atoms with Gasteiger partial charge >= 0.3 is 0 Å². The predicted octanol–water partition coefficient (Wildman–Crippen LogP) is 3.85. The Morgan fingerprint density at radius 2 is 1.72 bits per heavy atom. The molecule has 32 heavy (non-hydrogen) atoms. The Labute approximate surface area is 195 Å².